The van der Waals surface area contributed by atoms with E-state index in [1.807, 2.05) is 0 Å². The van der Waals surface area contributed by atoms with Crippen molar-refractivity contribution in [3.8, 4) is 0 Å². The molecule has 0 bridgehead atoms. The smallest absolute Gasteiger partial charge is 0.376 e. The standard InChI is InChI=1S/C15H22F3N5O2/c16-15(17,18)13-20-12(21-22-13)7-19-14(24)23(8-10-3-1-4-10)9-11-5-2-6-25-11/h10-11H,1-9H2,(H,19,24)(H,20,21,22)/t11-/m1/s1. The SMILES string of the molecule is O=C(NCc1nc(C(F)(F)F)n[nH]1)N(CC1CCC1)C[C@H]1CCCO1. The average Bonchev–Trinajstić information content (AvgIpc) is 3.17. The number of nitrogens with zero attached hydrogens (tertiary/aromatic N) is 3. The number of ether oxygens (including phenoxy) is 1. The summed E-state index contributed by atoms with van der Waals surface area (Å²) in [7, 11) is 0. The van der Waals surface area contributed by atoms with E-state index in [-0.39, 0.29) is 24.5 Å². The zero-order valence-corrected chi connectivity index (χ0v) is 13.8. The Kier molecular flexibility index (Phi) is 5.45. The number of aromatic amines is 1. The van der Waals surface area contributed by atoms with Gasteiger partial charge < -0.3 is 15.0 Å². The third-order valence-corrected chi connectivity index (χ3v) is 4.63. The van der Waals surface area contributed by atoms with E-state index in [2.05, 4.69) is 20.5 Å². The van der Waals surface area contributed by atoms with Gasteiger partial charge in [-0.25, -0.2) is 9.78 Å². The van der Waals surface area contributed by atoms with Crippen molar-refractivity contribution >= 4 is 6.03 Å². The maximum Gasteiger partial charge on any atom is 0.453 e. The third-order valence-electron chi connectivity index (χ3n) is 4.63. The van der Waals surface area contributed by atoms with Crippen LogP contribution in [-0.4, -0.2) is 51.9 Å². The first kappa shape index (κ1) is 18.0. The van der Waals surface area contributed by atoms with Crippen molar-refractivity contribution in [3.63, 3.8) is 0 Å². The summed E-state index contributed by atoms with van der Waals surface area (Å²) in [5.41, 5.74) is 0. The molecule has 10 heteroatoms. The molecule has 7 nitrogen and oxygen atoms in total. The van der Waals surface area contributed by atoms with Gasteiger partial charge in [-0.3, -0.25) is 5.10 Å². The van der Waals surface area contributed by atoms with Crippen molar-refractivity contribution in [1.29, 1.82) is 0 Å². The van der Waals surface area contributed by atoms with Gasteiger partial charge in [0.15, 0.2) is 0 Å². The van der Waals surface area contributed by atoms with E-state index in [0.29, 0.717) is 25.6 Å². The molecule has 2 heterocycles. The van der Waals surface area contributed by atoms with E-state index in [4.69, 9.17) is 4.74 Å². The molecule has 0 aromatic carbocycles. The second kappa shape index (κ2) is 7.59. The number of halogens is 3. The first-order valence-electron chi connectivity index (χ1n) is 8.54. The molecular formula is C15H22F3N5O2. The van der Waals surface area contributed by atoms with Gasteiger partial charge in [0.1, 0.15) is 5.82 Å². The Labute approximate surface area is 143 Å². The van der Waals surface area contributed by atoms with E-state index in [0.717, 1.165) is 25.7 Å². The second-order valence-corrected chi connectivity index (χ2v) is 6.60. The number of rotatable bonds is 6. The van der Waals surface area contributed by atoms with Crippen LogP contribution >= 0.6 is 0 Å². The maximum atomic E-state index is 12.5. The fraction of sp³-hybridized carbons (Fsp3) is 0.800. The quantitative estimate of drug-likeness (QED) is 0.815. The van der Waals surface area contributed by atoms with Crippen molar-refractivity contribution < 1.29 is 22.7 Å². The normalized spacial score (nSPS) is 21.2. The molecule has 1 saturated carbocycles. The summed E-state index contributed by atoms with van der Waals surface area (Å²) in [6, 6.07) is -0.313. The predicted octanol–water partition coefficient (Wildman–Crippen LogP) is 2.31. The molecule has 0 spiro atoms. The molecule has 25 heavy (non-hydrogen) atoms. The van der Waals surface area contributed by atoms with Crippen LogP contribution in [0.4, 0.5) is 18.0 Å². The lowest BCUT2D eigenvalue weighted by molar-refractivity contribution is -0.144. The van der Waals surface area contributed by atoms with Crippen LogP contribution in [0.15, 0.2) is 0 Å². The number of carbonyl (C=O) groups is 1. The Morgan fingerprint density at radius 2 is 2.08 bits per heavy atom. The maximum absolute atomic E-state index is 12.5. The average molecular weight is 361 g/mol. The van der Waals surface area contributed by atoms with Crippen LogP contribution in [0.1, 0.15) is 43.8 Å². The molecule has 2 aliphatic rings. The summed E-state index contributed by atoms with van der Waals surface area (Å²) >= 11 is 0. The summed E-state index contributed by atoms with van der Waals surface area (Å²) in [5, 5.41) is 7.94. The van der Waals surface area contributed by atoms with Gasteiger partial charge in [-0.15, -0.1) is 5.10 Å². The second-order valence-electron chi connectivity index (χ2n) is 6.60. The van der Waals surface area contributed by atoms with Gasteiger partial charge in [0.25, 0.3) is 5.82 Å². The molecule has 1 atom stereocenters. The summed E-state index contributed by atoms with van der Waals surface area (Å²) in [4.78, 5) is 17.5. The number of alkyl halides is 3. The highest BCUT2D eigenvalue weighted by molar-refractivity contribution is 5.74. The molecular weight excluding hydrogens is 339 g/mol. The van der Waals surface area contributed by atoms with Gasteiger partial charge in [0.2, 0.25) is 0 Å². The van der Waals surface area contributed by atoms with Gasteiger partial charge in [0, 0.05) is 19.7 Å². The van der Waals surface area contributed by atoms with Crippen LogP contribution in [0.3, 0.4) is 0 Å². The molecule has 0 unspecified atom stereocenters. The van der Waals surface area contributed by atoms with Crippen molar-refractivity contribution in [2.24, 2.45) is 5.92 Å². The van der Waals surface area contributed by atoms with Crippen molar-refractivity contribution in [1.82, 2.24) is 25.4 Å². The first-order chi connectivity index (χ1) is 11.9. The third kappa shape index (κ3) is 4.83. The van der Waals surface area contributed by atoms with E-state index < -0.39 is 12.0 Å². The Morgan fingerprint density at radius 1 is 1.28 bits per heavy atom. The van der Waals surface area contributed by atoms with Gasteiger partial charge in [-0.1, -0.05) is 6.42 Å². The zero-order chi connectivity index (χ0) is 17.9. The van der Waals surface area contributed by atoms with Crippen molar-refractivity contribution in [2.45, 2.75) is 50.9 Å². The number of nitrogens with one attached hydrogen (secondary N) is 2. The molecule has 1 aliphatic carbocycles. The number of hydrogen-bond donors (Lipinski definition) is 2. The van der Waals surface area contributed by atoms with Gasteiger partial charge >= 0.3 is 12.2 Å². The Morgan fingerprint density at radius 3 is 2.64 bits per heavy atom. The molecule has 1 aliphatic heterocycles. The summed E-state index contributed by atoms with van der Waals surface area (Å²) in [5.74, 6) is -0.766. The molecule has 3 rings (SSSR count). The van der Waals surface area contributed by atoms with Crippen LogP contribution in [-0.2, 0) is 17.5 Å². The lowest BCUT2D eigenvalue weighted by atomic mass is 9.85. The minimum absolute atomic E-state index is 0.0265. The number of H-pyrrole nitrogens is 1. The molecule has 140 valence electrons. The van der Waals surface area contributed by atoms with E-state index in [1.54, 1.807) is 4.90 Å². The van der Waals surface area contributed by atoms with Gasteiger partial charge in [0.05, 0.1) is 12.6 Å². The predicted molar refractivity (Wildman–Crippen MR) is 81.5 cm³/mol. The minimum Gasteiger partial charge on any atom is -0.376 e. The summed E-state index contributed by atoms with van der Waals surface area (Å²) in [6.07, 6.45) is 0.729. The molecule has 1 aromatic rings. The van der Waals surface area contributed by atoms with E-state index in [1.165, 1.54) is 6.42 Å². The summed E-state index contributed by atoms with van der Waals surface area (Å²) < 4.78 is 43.1. The van der Waals surface area contributed by atoms with E-state index in [9.17, 15) is 18.0 Å². The Hall–Kier alpha value is -1.84. The topological polar surface area (TPSA) is 83.1 Å². The molecule has 2 fully saturated rings. The number of hydrogen-bond acceptors (Lipinski definition) is 4. The van der Waals surface area contributed by atoms with Crippen molar-refractivity contribution in [3.05, 3.63) is 11.6 Å². The van der Waals surface area contributed by atoms with Gasteiger partial charge in [-0.05, 0) is 31.6 Å². The van der Waals surface area contributed by atoms with Crippen LogP contribution in [0.2, 0.25) is 0 Å². The highest BCUT2D eigenvalue weighted by Crippen LogP contribution is 2.28. The number of urea groups is 1. The van der Waals surface area contributed by atoms with E-state index >= 15 is 0 Å². The molecule has 2 amide bonds. The number of amides is 2. The fourth-order valence-corrected chi connectivity index (χ4v) is 3.03. The minimum atomic E-state index is -4.60. The van der Waals surface area contributed by atoms with Crippen LogP contribution in [0, 0.1) is 5.92 Å². The first-order valence-corrected chi connectivity index (χ1v) is 8.54. The molecule has 1 saturated heterocycles. The lowest BCUT2D eigenvalue weighted by Gasteiger charge is -2.33. The van der Waals surface area contributed by atoms with Crippen LogP contribution in [0.25, 0.3) is 0 Å². The number of aromatic nitrogens is 3. The largest absolute Gasteiger partial charge is 0.453 e. The molecule has 1 aromatic heterocycles. The lowest BCUT2D eigenvalue weighted by Crippen LogP contribution is -2.46. The van der Waals surface area contributed by atoms with Crippen LogP contribution < -0.4 is 5.32 Å². The number of carbonyl (C=O) groups excluding carboxylic acids is 1. The molecule has 0 radical (unpaired) electrons. The monoisotopic (exact) mass is 361 g/mol. The Balaban J connectivity index is 1.54. The highest BCUT2D eigenvalue weighted by atomic mass is 19.4. The molecule has 2 N–H and O–H groups in total. The fourth-order valence-electron chi connectivity index (χ4n) is 3.03. The summed E-state index contributed by atoms with van der Waals surface area (Å²) in [6.45, 7) is 1.74. The Bertz CT molecular complexity index is 582. The zero-order valence-electron chi connectivity index (χ0n) is 13.8. The highest BCUT2D eigenvalue weighted by Gasteiger charge is 2.36. The van der Waals surface area contributed by atoms with Crippen LogP contribution in [0.5, 0.6) is 0 Å². The van der Waals surface area contributed by atoms with Gasteiger partial charge in [-0.2, -0.15) is 13.2 Å². The van der Waals surface area contributed by atoms with Crippen molar-refractivity contribution in [2.75, 3.05) is 19.7 Å².